The minimum absolute atomic E-state index is 0.275. The summed E-state index contributed by atoms with van der Waals surface area (Å²) in [6.07, 6.45) is 6.54. The Morgan fingerprint density at radius 3 is 2.54 bits per heavy atom. The van der Waals surface area contributed by atoms with E-state index in [-0.39, 0.29) is 5.54 Å². The van der Waals surface area contributed by atoms with Crippen LogP contribution in [0.1, 0.15) is 46.0 Å². The van der Waals surface area contributed by atoms with Crippen LogP contribution >= 0.6 is 11.6 Å². The molecule has 0 heterocycles. The van der Waals surface area contributed by atoms with E-state index >= 15 is 0 Å². The minimum atomic E-state index is 0.275. The number of rotatable bonds is 6. The lowest BCUT2D eigenvalue weighted by atomic mass is 9.84. The Kier molecular flexibility index (Phi) is 4.54. The lowest BCUT2D eigenvalue weighted by Gasteiger charge is -2.34. The quantitative estimate of drug-likeness (QED) is 0.654. The number of hydrogen-bond acceptors (Lipinski definition) is 1. The fourth-order valence-electron chi connectivity index (χ4n) is 1.69. The number of nitrogens with one attached hydrogen (secondary N) is 1. The summed E-state index contributed by atoms with van der Waals surface area (Å²) in [6, 6.07) is 0. The molecule has 1 rings (SSSR count). The average Bonchev–Trinajstić information content (AvgIpc) is 2.02. The molecule has 0 radical (unpaired) electrons. The van der Waals surface area contributed by atoms with E-state index in [1.165, 1.54) is 32.2 Å². The van der Waals surface area contributed by atoms with E-state index < -0.39 is 0 Å². The minimum Gasteiger partial charge on any atom is -0.311 e. The Balaban J connectivity index is 2.20. The standard InChI is InChI=1S/C11H22ClN/c1-3-11(2,7-8-12)13-9-10-5-4-6-10/h10,13H,3-9H2,1-2H3. The molecule has 0 saturated heterocycles. The summed E-state index contributed by atoms with van der Waals surface area (Å²) in [5, 5.41) is 3.66. The van der Waals surface area contributed by atoms with Crippen LogP contribution in [0.4, 0.5) is 0 Å². The normalized spacial score (nSPS) is 22.4. The molecule has 0 aliphatic heterocycles. The molecule has 1 nitrogen and oxygen atoms in total. The summed E-state index contributed by atoms with van der Waals surface area (Å²) in [4.78, 5) is 0. The third-order valence-electron chi connectivity index (χ3n) is 3.47. The molecule has 13 heavy (non-hydrogen) atoms. The van der Waals surface area contributed by atoms with Gasteiger partial charge in [0.25, 0.3) is 0 Å². The lowest BCUT2D eigenvalue weighted by molar-refractivity contribution is 0.245. The molecule has 2 heteroatoms. The molecular formula is C11H22ClN. The molecule has 1 saturated carbocycles. The topological polar surface area (TPSA) is 12.0 Å². The van der Waals surface area contributed by atoms with Gasteiger partial charge in [-0.15, -0.1) is 11.6 Å². The first-order valence-electron chi connectivity index (χ1n) is 5.51. The van der Waals surface area contributed by atoms with Gasteiger partial charge >= 0.3 is 0 Å². The summed E-state index contributed by atoms with van der Waals surface area (Å²) in [7, 11) is 0. The third-order valence-corrected chi connectivity index (χ3v) is 3.66. The van der Waals surface area contributed by atoms with Crippen molar-refractivity contribution in [1.29, 1.82) is 0 Å². The molecule has 1 atom stereocenters. The Bertz CT molecular complexity index is 145. The zero-order valence-electron chi connectivity index (χ0n) is 8.91. The van der Waals surface area contributed by atoms with Crippen LogP contribution in [-0.4, -0.2) is 18.0 Å². The Morgan fingerprint density at radius 2 is 2.15 bits per heavy atom. The largest absolute Gasteiger partial charge is 0.311 e. The van der Waals surface area contributed by atoms with E-state index in [1.54, 1.807) is 0 Å². The van der Waals surface area contributed by atoms with Crippen molar-refractivity contribution in [2.75, 3.05) is 12.4 Å². The second kappa shape index (κ2) is 5.21. The molecule has 0 spiro atoms. The van der Waals surface area contributed by atoms with Crippen molar-refractivity contribution in [3.63, 3.8) is 0 Å². The molecule has 1 aliphatic rings. The van der Waals surface area contributed by atoms with Crippen molar-refractivity contribution in [1.82, 2.24) is 5.32 Å². The highest BCUT2D eigenvalue weighted by Crippen LogP contribution is 2.26. The lowest BCUT2D eigenvalue weighted by Crippen LogP contribution is -2.45. The predicted molar refractivity (Wildman–Crippen MR) is 59.4 cm³/mol. The van der Waals surface area contributed by atoms with Gasteiger partial charge in [0.1, 0.15) is 0 Å². The van der Waals surface area contributed by atoms with Crippen LogP contribution in [0.5, 0.6) is 0 Å². The maximum Gasteiger partial charge on any atom is 0.0240 e. The van der Waals surface area contributed by atoms with Gasteiger partial charge < -0.3 is 5.32 Å². The fraction of sp³-hybridized carbons (Fsp3) is 1.00. The van der Waals surface area contributed by atoms with Crippen molar-refractivity contribution < 1.29 is 0 Å². The molecule has 1 aliphatic carbocycles. The van der Waals surface area contributed by atoms with E-state index in [9.17, 15) is 0 Å². The van der Waals surface area contributed by atoms with Gasteiger partial charge in [0.05, 0.1) is 0 Å². The smallest absolute Gasteiger partial charge is 0.0240 e. The van der Waals surface area contributed by atoms with Crippen LogP contribution in [0.3, 0.4) is 0 Å². The van der Waals surface area contributed by atoms with E-state index in [0.717, 1.165) is 18.2 Å². The zero-order valence-corrected chi connectivity index (χ0v) is 9.66. The van der Waals surface area contributed by atoms with E-state index in [4.69, 9.17) is 11.6 Å². The Labute approximate surface area is 87.2 Å². The van der Waals surface area contributed by atoms with E-state index in [2.05, 4.69) is 19.2 Å². The van der Waals surface area contributed by atoms with Crippen molar-refractivity contribution >= 4 is 11.6 Å². The molecule has 0 aromatic carbocycles. The maximum atomic E-state index is 5.79. The van der Waals surface area contributed by atoms with Crippen LogP contribution in [0.25, 0.3) is 0 Å². The SMILES string of the molecule is CCC(C)(CCCl)NCC1CCC1. The van der Waals surface area contributed by atoms with Gasteiger partial charge in [0, 0.05) is 11.4 Å². The Morgan fingerprint density at radius 1 is 1.46 bits per heavy atom. The molecule has 0 aromatic heterocycles. The van der Waals surface area contributed by atoms with Crippen LogP contribution in [0, 0.1) is 5.92 Å². The summed E-state index contributed by atoms with van der Waals surface area (Å²) >= 11 is 5.79. The van der Waals surface area contributed by atoms with Crippen LogP contribution < -0.4 is 5.32 Å². The molecular weight excluding hydrogens is 182 g/mol. The van der Waals surface area contributed by atoms with Crippen molar-refractivity contribution in [2.24, 2.45) is 5.92 Å². The van der Waals surface area contributed by atoms with E-state index in [1.807, 2.05) is 0 Å². The predicted octanol–water partition coefficient (Wildman–Crippen LogP) is 3.17. The second-order valence-electron chi connectivity index (χ2n) is 4.53. The van der Waals surface area contributed by atoms with Crippen LogP contribution in [-0.2, 0) is 0 Å². The molecule has 0 aromatic rings. The maximum absolute atomic E-state index is 5.79. The van der Waals surface area contributed by atoms with Gasteiger partial charge in [0.15, 0.2) is 0 Å². The summed E-state index contributed by atoms with van der Waals surface area (Å²) in [6.45, 7) is 5.72. The van der Waals surface area contributed by atoms with Gasteiger partial charge in [-0.25, -0.2) is 0 Å². The molecule has 1 fully saturated rings. The van der Waals surface area contributed by atoms with Crippen molar-refractivity contribution in [3.05, 3.63) is 0 Å². The van der Waals surface area contributed by atoms with Gasteiger partial charge in [-0.05, 0) is 45.1 Å². The second-order valence-corrected chi connectivity index (χ2v) is 4.91. The van der Waals surface area contributed by atoms with Crippen LogP contribution in [0.2, 0.25) is 0 Å². The highest BCUT2D eigenvalue weighted by molar-refractivity contribution is 6.17. The first-order valence-corrected chi connectivity index (χ1v) is 6.04. The highest BCUT2D eigenvalue weighted by Gasteiger charge is 2.24. The van der Waals surface area contributed by atoms with Crippen molar-refractivity contribution in [3.8, 4) is 0 Å². The van der Waals surface area contributed by atoms with Gasteiger partial charge in [-0.1, -0.05) is 13.3 Å². The van der Waals surface area contributed by atoms with Crippen molar-refractivity contribution in [2.45, 2.75) is 51.5 Å². The number of alkyl halides is 1. The number of hydrogen-bond donors (Lipinski definition) is 1. The molecule has 0 bridgehead atoms. The fourth-order valence-corrected chi connectivity index (χ4v) is 2.10. The highest BCUT2D eigenvalue weighted by atomic mass is 35.5. The third kappa shape index (κ3) is 3.47. The van der Waals surface area contributed by atoms with Gasteiger partial charge in [-0.3, -0.25) is 0 Å². The summed E-state index contributed by atoms with van der Waals surface area (Å²) in [5.74, 6) is 1.71. The van der Waals surface area contributed by atoms with Crippen LogP contribution in [0.15, 0.2) is 0 Å². The molecule has 0 amide bonds. The zero-order chi connectivity index (χ0) is 9.73. The Hall–Kier alpha value is 0.250. The summed E-state index contributed by atoms with van der Waals surface area (Å²) in [5.41, 5.74) is 0.275. The molecule has 1 unspecified atom stereocenters. The van der Waals surface area contributed by atoms with Gasteiger partial charge in [-0.2, -0.15) is 0 Å². The molecule has 78 valence electrons. The number of halogens is 1. The monoisotopic (exact) mass is 203 g/mol. The van der Waals surface area contributed by atoms with Gasteiger partial charge in [0.2, 0.25) is 0 Å². The van der Waals surface area contributed by atoms with E-state index in [0.29, 0.717) is 0 Å². The first-order chi connectivity index (χ1) is 6.20. The molecule has 1 N–H and O–H groups in total. The summed E-state index contributed by atoms with van der Waals surface area (Å²) < 4.78 is 0. The first kappa shape index (κ1) is 11.3. The average molecular weight is 204 g/mol.